The van der Waals surface area contributed by atoms with Crippen LogP contribution in [0.2, 0.25) is 0 Å². The van der Waals surface area contributed by atoms with Gasteiger partial charge in [0.25, 0.3) is 5.91 Å². The van der Waals surface area contributed by atoms with Crippen LogP contribution in [0.5, 0.6) is 0 Å². The maximum Gasteiger partial charge on any atom is 0.305 e. The maximum atomic E-state index is 12.0. The molecule has 0 saturated heterocycles. The Morgan fingerprint density at radius 3 is 2.44 bits per heavy atom. The second-order valence-corrected chi connectivity index (χ2v) is 4.14. The zero-order chi connectivity index (χ0) is 13.6. The van der Waals surface area contributed by atoms with Gasteiger partial charge in [0, 0.05) is 0 Å². The van der Waals surface area contributed by atoms with Crippen molar-refractivity contribution in [2.75, 3.05) is 0 Å². The van der Waals surface area contributed by atoms with E-state index in [1.54, 1.807) is 6.07 Å². The largest absolute Gasteiger partial charge is 0.481 e. The molecule has 18 heavy (non-hydrogen) atoms. The molecule has 0 unspecified atom stereocenters. The molecule has 0 aliphatic heterocycles. The maximum absolute atomic E-state index is 12.0. The number of carboxylic acids is 1. The molecule has 1 heterocycles. The van der Waals surface area contributed by atoms with Crippen molar-refractivity contribution < 1.29 is 14.7 Å². The van der Waals surface area contributed by atoms with Gasteiger partial charge in [-0.25, -0.2) is 0 Å². The quantitative estimate of drug-likeness (QED) is 0.793. The van der Waals surface area contributed by atoms with Crippen LogP contribution >= 0.6 is 0 Å². The second-order valence-electron chi connectivity index (χ2n) is 4.14. The van der Waals surface area contributed by atoms with Crippen LogP contribution in [0.1, 0.15) is 43.5 Å². The molecule has 1 aromatic heterocycles. The highest BCUT2D eigenvalue weighted by atomic mass is 16.4. The van der Waals surface area contributed by atoms with E-state index in [-0.39, 0.29) is 12.3 Å². The monoisotopic (exact) mass is 251 g/mol. The van der Waals surface area contributed by atoms with Gasteiger partial charge in [-0.3, -0.25) is 9.59 Å². The number of hydrogen-bond donors (Lipinski definition) is 2. The highest BCUT2D eigenvalue weighted by molar-refractivity contribution is 5.94. The predicted molar refractivity (Wildman–Crippen MR) is 65.1 cm³/mol. The fourth-order valence-electron chi connectivity index (χ4n) is 1.75. The molecule has 1 amide bonds. The van der Waals surface area contributed by atoms with Gasteiger partial charge in [0.2, 0.25) is 0 Å². The molecule has 1 aromatic rings. The topological polar surface area (TPSA) is 92.2 Å². The first-order chi connectivity index (χ1) is 8.53. The summed E-state index contributed by atoms with van der Waals surface area (Å²) in [5.41, 5.74) is -0.340. The SMILES string of the molecule is CCC(CC)(CC(=O)O)NC(=O)c1ccnnc1. The standard InChI is InChI=1S/C12H17N3O3/c1-3-12(4-2,7-10(16)17)15-11(18)9-5-6-13-14-8-9/h5-6,8H,3-4,7H2,1-2H3,(H,15,18)(H,16,17). The van der Waals surface area contributed by atoms with E-state index in [4.69, 9.17) is 5.11 Å². The third kappa shape index (κ3) is 3.51. The van der Waals surface area contributed by atoms with Crippen LogP contribution in [-0.2, 0) is 4.79 Å². The van der Waals surface area contributed by atoms with Gasteiger partial charge in [0.1, 0.15) is 0 Å². The van der Waals surface area contributed by atoms with Gasteiger partial charge in [0.15, 0.2) is 0 Å². The van der Waals surface area contributed by atoms with Gasteiger partial charge in [0.05, 0.1) is 29.9 Å². The lowest BCUT2D eigenvalue weighted by molar-refractivity contribution is -0.138. The van der Waals surface area contributed by atoms with Gasteiger partial charge >= 0.3 is 5.97 Å². The number of aromatic nitrogens is 2. The molecule has 0 saturated carbocycles. The highest BCUT2D eigenvalue weighted by Crippen LogP contribution is 2.20. The van der Waals surface area contributed by atoms with Crippen molar-refractivity contribution in [3.63, 3.8) is 0 Å². The Labute approximate surface area is 105 Å². The molecule has 98 valence electrons. The van der Waals surface area contributed by atoms with Crippen molar-refractivity contribution in [1.29, 1.82) is 0 Å². The van der Waals surface area contributed by atoms with Crippen LogP contribution in [0.4, 0.5) is 0 Å². The number of carboxylic acid groups (broad SMARTS) is 1. The first-order valence-corrected chi connectivity index (χ1v) is 5.84. The van der Waals surface area contributed by atoms with E-state index in [9.17, 15) is 9.59 Å². The normalized spacial score (nSPS) is 11.0. The zero-order valence-corrected chi connectivity index (χ0v) is 10.5. The predicted octanol–water partition coefficient (Wildman–Crippen LogP) is 1.24. The smallest absolute Gasteiger partial charge is 0.305 e. The van der Waals surface area contributed by atoms with Gasteiger partial charge < -0.3 is 10.4 Å². The molecule has 2 N–H and O–H groups in total. The number of nitrogens with zero attached hydrogens (tertiary/aromatic N) is 2. The molecule has 0 aliphatic rings. The van der Waals surface area contributed by atoms with Crippen molar-refractivity contribution in [2.45, 2.75) is 38.6 Å². The number of rotatable bonds is 6. The van der Waals surface area contributed by atoms with Crippen molar-refractivity contribution in [3.8, 4) is 0 Å². The van der Waals surface area contributed by atoms with Crippen LogP contribution in [0.15, 0.2) is 18.5 Å². The van der Waals surface area contributed by atoms with E-state index >= 15 is 0 Å². The second kappa shape index (κ2) is 6.09. The molecule has 0 spiro atoms. The van der Waals surface area contributed by atoms with E-state index in [0.717, 1.165) is 0 Å². The number of carbonyl (C=O) groups is 2. The highest BCUT2D eigenvalue weighted by Gasteiger charge is 2.31. The number of hydrogen-bond acceptors (Lipinski definition) is 4. The van der Waals surface area contributed by atoms with Crippen molar-refractivity contribution in [1.82, 2.24) is 15.5 Å². The Morgan fingerprint density at radius 2 is 2.00 bits per heavy atom. The Bertz CT molecular complexity index is 416. The molecule has 0 aliphatic carbocycles. The number of carbonyl (C=O) groups excluding carboxylic acids is 1. The lowest BCUT2D eigenvalue weighted by Gasteiger charge is -2.31. The lowest BCUT2D eigenvalue weighted by atomic mass is 9.88. The summed E-state index contributed by atoms with van der Waals surface area (Å²) >= 11 is 0. The van der Waals surface area contributed by atoms with Gasteiger partial charge in [-0.15, -0.1) is 0 Å². The summed E-state index contributed by atoms with van der Waals surface area (Å²) in [5.74, 6) is -1.25. The Kier molecular flexibility index (Phi) is 4.76. The number of nitrogens with one attached hydrogen (secondary N) is 1. The lowest BCUT2D eigenvalue weighted by Crippen LogP contribution is -2.49. The summed E-state index contributed by atoms with van der Waals surface area (Å²) in [6, 6.07) is 1.54. The molecule has 0 atom stereocenters. The fraction of sp³-hybridized carbons (Fsp3) is 0.500. The first-order valence-electron chi connectivity index (χ1n) is 5.84. The molecule has 0 aromatic carbocycles. The molecule has 6 heteroatoms. The summed E-state index contributed by atoms with van der Waals surface area (Å²) in [6.07, 6.45) is 3.79. The van der Waals surface area contributed by atoms with E-state index < -0.39 is 11.5 Å². The first kappa shape index (κ1) is 14.1. The van der Waals surface area contributed by atoms with Gasteiger partial charge in [-0.05, 0) is 18.9 Å². The fourth-order valence-corrected chi connectivity index (χ4v) is 1.75. The van der Waals surface area contributed by atoms with Crippen molar-refractivity contribution >= 4 is 11.9 Å². The van der Waals surface area contributed by atoms with Crippen molar-refractivity contribution in [3.05, 3.63) is 24.0 Å². The van der Waals surface area contributed by atoms with Gasteiger partial charge in [-0.2, -0.15) is 10.2 Å². The molecule has 0 radical (unpaired) electrons. The van der Waals surface area contributed by atoms with Crippen LogP contribution in [-0.4, -0.2) is 32.7 Å². The molecule has 1 rings (SSSR count). The molecular formula is C12H17N3O3. The number of amides is 1. The summed E-state index contributed by atoms with van der Waals surface area (Å²) in [4.78, 5) is 22.9. The summed E-state index contributed by atoms with van der Waals surface area (Å²) in [5, 5.41) is 18.9. The summed E-state index contributed by atoms with van der Waals surface area (Å²) in [6.45, 7) is 3.72. The van der Waals surface area contributed by atoms with Crippen molar-refractivity contribution in [2.24, 2.45) is 0 Å². The van der Waals surface area contributed by atoms with Crippen LogP contribution in [0.25, 0.3) is 0 Å². The Balaban J connectivity index is 2.84. The van der Waals surface area contributed by atoms with E-state index in [2.05, 4.69) is 15.5 Å². The third-order valence-corrected chi connectivity index (χ3v) is 3.07. The average Bonchev–Trinajstić information content (AvgIpc) is 2.38. The van der Waals surface area contributed by atoms with E-state index in [1.165, 1.54) is 12.4 Å². The van der Waals surface area contributed by atoms with Crippen LogP contribution < -0.4 is 5.32 Å². The molecule has 6 nitrogen and oxygen atoms in total. The van der Waals surface area contributed by atoms with Gasteiger partial charge in [-0.1, -0.05) is 13.8 Å². The van der Waals surface area contributed by atoms with Crippen LogP contribution in [0, 0.1) is 0 Å². The molecular weight excluding hydrogens is 234 g/mol. The minimum absolute atomic E-state index is 0.0930. The Hall–Kier alpha value is -1.98. The minimum atomic E-state index is -0.924. The van der Waals surface area contributed by atoms with E-state index in [1.807, 2.05) is 13.8 Å². The minimum Gasteiger partial charge on any atom is -0.481 e. The summed E-state index contributed by atoms with van der Waals surface area (Å²) in [7, 11) is 0. The zero-order valence-electron chi connectivity index (χ0n) is 10.5. The average molecular weight is 251 g/mol. The number of aliphatic carboxylic acids is 1. The Morgan fingerprint density at radius 1 is 1.33 bits per heavy atom. The molecule has 0 fully saturated rings. The van der Waals surface area contributed by atoms with Crippen LogP contribution in [0.3, 0.4) is 0 Å². The molecule has 0 bridgehead atoms. The third-order valence-electron chi connectivity index (χ3n) is 3.07. The summed E-state index contributed by atoms with van der Waals surface area (Å²) < 4.78 is 0. The van der Waals surface area contributed by atoms with E-state index in [0.29, 0.717) is 18.4 Å².